The van der Waals surface area contributed by atoms with E-state index < -0.39 is 11.6 Å². The van der Waals surface area contributed by atoms with Crippen LogP contribution in [0.1, 0.15) is 35.6 Å². The highest BCUT2D eigenvalue weighted by molar-refractivity contribution is 5.91. The Labute approximate surface area is 176 Å². The number of rotatable bonds is 2. The molecule has 9 heteroatoms. The third kappa shape index (κ3) is 2.24. The van der Waals surface area contributed by atoms with Gasteiger partial charge in [-0.25, -0.2) is 9.78 Å². The number of aromatic nitrogens is 2. The summed E-state index contributed by atoms with van der Waals surface area (Å²) in [6, 6.07) is 5.47. The van der Waals surface area contributed by atoms with Gasteiger partial charge in [0, 0.05) is 34.7 Å². The van der Waals surface area contributed by atoms with Crippen molar-refractivity contribution >= 4 is 16.9 Å². The fourth-order valence-corrected chi connectivity index (χ4v) is 4.77. The summed E-state index contributed by atoms with van der Waals surface area (Å²) in [7, 11) is 0. The molecule has 9 nitrogen and oxygen atoms in total. The summed E-state index contributed by atoms with van der Waals surface area (Å²) in [5, 5.41) is 11.8. The second-order valence-electron chi connectivity index (χ2n) is 7.96. The zero-order valence-corrected chi connectivity index (χ0v) is 16.7. The van der Waals surface area contributed by atoms with Crippen molar-refractivity contribution in [2.24, 2.45) is 5.73 Å². The van der Waals surface area contributed by atoms with Gasteiger partial charge in [-0.3, -0.25) is 4.79 Å². The van der Waals surface area contributed by atoms with Gasteiger partial charge in [-0.05, 0) is 18.6 Å². The van der Waals surface area contributed by atoms with Crippen LogP contribution in [0.15, 0.2) is 23.0 Å². The van der Waals surface area contributed by atoms with Gasteiger partial charge in [0.1, 0.15) is 6.61 Å². The molecular weight excluding hydrogens is 402 g/mol. The summed E-state index contributed by atoms with van der Waals surface area (Å²) in [4.78, 5) is 30.3. The number of nitrogens with zero attached hydrogens (tertiary/aromatic N) is 2. The minimum absolute atomic E-state index is 0.100. The van der Waals surface area contributed by atoms with Crippen molar-refractivity contribution in [3.63, 3.8) is 0 Å². The van der Waals surface area contributed by atoms with Crippen molar-refractivity contribution in [1.29, 1.82) is 0 Å². The molecular formula is C22H19N3O6. The molecule has 6 rings (SSSR count). The van der Waals surface area contributed by atoms with Gasteiger partial charge in [0.2, 0.25) is 6.79 Å². The Morgan fingerprint density at radius 3 is 2.84 bits per heavy atom. The predicted octanol–water partition coefficient (Wildman–Crippen LogP) is 1.27. The Hall–Kier alpha value is -3.43. The number of esters is 1. The van der Waals surface area contributed by atoms with Crippen LogP contribution in [0.4, 0.5) is 0 Å². The molecule has 0 saturated carbocycles. The summed E-state index contributed by atoms with van der Waals surface area (Å²) in [6.45, 7) is 2.25. The maximum atomic E-state index is 13.2. The average Bonchev–Trinajstić information content (AvgIpc) is 3.38. The molecule has 2 aromatic heterocycles. The van der Waals surface area contributed by atoms with Gasteiger partial charge in [0.25, 0.3) is 5.56 Å². The second kappa shape index (κ2) is 6.05. The van der Waals surface area contributed by atoms with Crippen molar-refractivity contribution in [2.75, 3.05) is 6.79 Å². The smallest absolute Gasteiger partial charge is 0.343 e. The maximum absolute atomic E-state index is 13.2. The molecule has 0 aliphatic carbocycles. The first-order valence-electron chi connectivity index (χ1n) is 10.1. The summed E-state index contributed by atoms with van der Waals surface area (Å²) < 4.78 is 17.8. The number of hydrogen-bond donors (Lipinski definition) is 2. The number of aliphatic hydroxyl groups is 1. The van der Waals surface area contributed by atoms with E-state index in [1.54, 1.807) is 23.6 Å². The van der Waals surface area contributed by atoms with Crippen LogP contribution in [0.25, 0.3) is 22.3 Å². The fourth-order valence-electron chi connectivity index (χ4n) is 4.77. The minimum Gasteiger partial charge on any atom is -0.458 e. The van der Waals surface area contributed by atoms with Gasteiger partial charge in [-0.15, -0.1) is 0 Å². The van der Waals surface area contributed by atoms with Crippen LogP contribution < -0.4 is 20.8 Å². The lowest BCUT2D eigenvalue weighted by atomic mass is 9.86. The van der Waals surface area contributed by atoms with Crippen molar-refractivity contribution < 1.29 is 24.1 Å². The third-order valence-corrected chi connectivity index (χ3v) is 6.46. The largest absolute Gasteiger partial charge is 0.458 e. The number of carbonyl (C=O) groups excluding carboxylic acids is 1. The van der Waals surface area contributed by atoms with Gasteiger partial charge in [-0.1, -0.05) is 6.92 Å². The molecule has 3 N–H and O–H groups in total. The quantitative estimate of drug-likeness (QED) is 0.464. The van der Waals surface area contributed by atoms with E-state index >= 15 is 0 Å². The highest BCUT2D eigenvalue weighted by Gasteiger charge is 2.45. The highest BCUT2D eigenvalue weighted by atomic mass is 16.7. The van der Waals surface area contributed by atoms with E-state index in [1.165, 1.54) is 0 Å². The standard InChI is InChI=1S/C22H19N3O6/c1-2-22(28)14-4-16-18-10(7-25(16)20(26)13(14)8-29-21(22)27)3-11-12(6-23)19-17(30-9-31-19)5-15(11)24-18/h3-5,28H,2,6-9,23H2,1H3/t22-/m0/s1. The van der Waals surface area contributed by atoms with Crippen LogP contribution in [0.3, 0.4) is 0 Å². The Balaban J connectivity index is 1.62. The highest BCUT2D eigenvalue weighted by Crippen LogP contribution is 2.43. The van der Waals surface area contributed by atoms with E-state index in [4.69, 9.17) is 24.9 Å². The molecule has 3 aliphatic rings. The topological polar surface area (TPSA) is 126 Å². The van der Waals surface area contributed by atoms with E-state index in [1.807, 2.05) is 6.07 Å². The molecule has 158 valence electrons. The zero-order valence-electron chi connectivity index (χ0n) is 16.7. The first-order valence-corrected chi connectivity index (χ1v) is 10.1. The number of pyridine rings is 2. The summed E-state index contributed by atoms with van der Waals surface area (Å²) in [5.74, 6) is 0.477. The van der Waals surface area contributed by atoms with Gasteiger partial charge >= 0.3 is 5.97 Å². The van der Waals surface area contributed by atoms with Gasteiger partial charge in [-0.2, -0.15) is 0 Å². The number of cyclic esters (lactones) is 1. The average molecular weight is 421 g/mol. The Bertz CT molecular complexity index is 1380. The zero-order chi connectivity index (χ0) is 21.5. The van der Waals surface area contributed by atoms with E-state index in [0.717, 1.165) is 16.5 Å². The number of fused-ring (bicyclic) bond motifs is 6. The molecule has 3 aromatic rings. The molecule has 0 unspecified atom stereocenters. The number of benzene rings is 1. The first kappa shape index (κ1) is 18.3. The summed E-state index contributed by atoms with van der Waals surface area (Å²) in [5.41, 5.74) is 7.98. The van der Waals surface area contributed by atoms with Crippen molar-refractivity contribution in [3.05, 3.63) is 50.8 Å². The Kier molecular flexibility index (Phi) is 3.58. The van der Waals surface area contributed by atoms with Crippen LogP contribution in [0.2, 0.25) is 0 Å². The van der Waals surface area contributed by atoms with Crippen LogP contribution >= 0.6 is 0 Å². The number of ether oxygens (including phenoxy) is 3. The predicted molar refractivity (Wildman–Crippen MR) is 109 cm³/mol. The molecule has 31 heavy (non-hydrogen) atoms. The Morgan fingerprint density at radius 1 is 1.23 bits per heavy atom. The lowest BCUT2D eigenvalue weighted by molar-refractivity contribution is -0.172. The SMILES string of the molecule is CC[C@@]1(O)C(=O)OCc2c1cc1n(c2=O)Cc2cc3c(CN)c4c(cc3nc2-1)OCO4. The minimum atomic E-state index is -1.85. The number of nitrogens with two attached hydrogens (primary N) is 1. The molecule has 0 amide bonds. The molecule has 1 atom stereocenters. The summed E-state index contributed by atoms with van der Waals surface area (Å²) in [6.07, 6.45) is 0.100. The maximum Gasteiger partial charge on any atom is 0.343 e. The molecule has 0 fully saturated rings. The second-order valence-corrected chi connectivity index (χ2v) is 7.96. The fraction of sp³-hybridized carbons (Fsp3) is 0.318. The van der Waals surface area contributed by atoms with E-state index in [2.05, 4.69) is 0 Å². The lowest BCUT2D eigenvalue weighted by Crippen LogP contribution is -2.44. The van der Waals surface area contributed by atoms with Gasteiger partial charge < -0.3 is 29.6 Å². The molecule has 0 saturated heterocycles. The van der Waals surface area contributed by atoms with Crippen LogP contribution in [0, 0.1) is 0 Å². The number of carbonyl (C=O) groups is 1. The summed E-state index contributed by atoms with van der Waals surface area (Å²) >= 11 is 0. The van der Waals surface area contributed by atoms with Crippen molar-refractivity contribution in [3.8, 4) is 22.9 Å². The van der Waals surface area contributed by atoms with Crippen LogP contribution in [0.5, 0.6) is 11.5 Å². The van der Waals surface area contributed by atoms with E-state index in [-0.39, 0.29) is 31.9 Å². The molecule has 0 bridgehead atoms. The number of hydrogen-bond acceptors (Lipinski definition) is 8. The van der Waals surface area contributed by atoms with E-state index in [9.17, 15) is 14.7 Å². The molecule has 0 spiro atoms. The first-order chi connectivity index (χ1) is 15.0. The molecule has 3 aliphatic heterocycles. The molecule has 5 heterocycles. The lowest BCUT2D eigenvalue weighted by Gasteiger charge is -2.31. The molecule has 0 radical (unpaired) electrons. The van der Waals surface area contributed by atoms with Gasteiger partial charge in [0.15, 0.2) is 17.1 Å². The molecule has 1 aromatic carbocycles. The van der Waals surface area contributed by atoms with Crippen molar-refractivity contribution in [1.82, 2.24) is 9.55 Å². The monoisotopic (exact) mass is 421 g/mol. The Morgan fingerprint density at radius 2 is 2.06 bits per heavy atom. The van der Waals surface area contributed by atoms with E-state index in [0.29, 0.717) is 46.1 Å². The normalized spacial score (nSPS) is 20.4. The van der Waals surface area contributed by atoms with Crippen molar-refractivity contribution in [2.45, 2.75) is 38.6 Å². The van der Waals surface area contributed by atoms with Gasteiger partial charge in [0.05, 0.1) is 29.0 Å². The van der Waals surface area contributed by atoms with Crippen LogP contribution in [-0.4, -0.2) is 27.4 Å². The third-order valence-electron chi connectivity index (χ3n) is 6.46. The van der Waals surface area contributed by atoms with Crippen LogP contribution in [-0.2, 0) is 34.8 Å².